The number of amides is 1. The molecule has 1 N–H and O–H groups in total. The number of benzene rings is 5. The Kier molecular flexibility index (Phi) is 15.8. The number of nitrogens with one attached hydrogen (secondary N) is 1. The number of esters is 2. The molecule has 0 aromatic heterocycles. The van der Waals surface area contributed by atoms with Crippen molar-refractivity contribution in [3.63, 3.8) is 0 Å². The van der Waals surface area contributed by atoms with Gasteiger partial charge in [-0.2, -0.15) is 0 Å². The normalized spacial score (nSPS) is 11.0. The van der Waals surface area contributed by atoms with Gasteiger partial charge in [0.1, 0.15) is 29.5 Å². The third-order valence-electron chi connectivity index (χ3n) is 9.60. The van der Waals surface area contributed by atoms with Gasteiger partial charge in [0.2, 0.25) is 0 Å². The molecule has 0 radical (unpaired) electrons. The number of nitro groups is 2. The average Bonchev–Trinajstić information content (AvgIpc) is 3.27. The molecule has 60 heavy (non-hydrogen) atoms. The van der Waals surface area contributed by atoms with Crippen LogP contribution in [0.2, 0.25) is 0 Å². The van der Waals surface area contributed by atoms with Crippen LogP contribution in [-0.2, 0) is 31.3 Å². The molecule has 0 spiro atoms. The standard InChI is InChI=1S/C45H45N3O12/c1-56-38-20-13-34(14-21-38)45(33-10-6-5-7-11-33,35-15-22-39(57-2)23-16-35)59-29-9-4-3-8-28-46-44(51)41-30-37(48(54)55)17-12-32(41)31-58-42(49)26-27-43(50)60-40-24-18-36(19-25-40)47(52)53/h5-7,10-25,30H,3-4,8-9,26-29,31H2,1-2H3,(H,46,51). The molecule has 0 bridgehead atoms. The first-order valence-electron chi connectivity index (χ1n) is 19.2. The molecular weight excluding hydrogens is 775 g/mol. The van der Waals surface area contributed by atoms with Crippen molar-refractivity contribution in [2.45, 2.75) is 50.7 Å². The van der Waals surface area contributed by atoms with E-state index in [1.165, 1.54) is 36.4 Å². The van der Waals surface area contributed by atoms with Gasteiger partial charge in [-0.1, -0.05) is 67.4 Å². The van der Waals surface area contributed by atoms with E-state index in [0.717, 1.165) is 53.5 Å². The Labute approximate surface area is 346 Å². The predicted molar refractivity (Wildman–Crippen MR) is 220 cm³/mol. The van der Waals surface area contributed by atoms with E-state index in [0.29, 0.717) is 19.6 Å². The van der Waals surface area contributed by atoms with Crippen LogP contribution in [0.5, 0.6) is 17.2 Å². The molecule has 1 amide bonds. The molecule has 0 saturated heterocycles. The van der Waals surface area contributed by atoms with Crippen molar-refractivity contribution in [2.75, 3.05) is 27.4 Å². The largest absolute Gasteiger partial charge is 0.497 e. The Balaban J connectivity index is 1.13. The molecular formula is C45H45N3O12. The van der Waals surface area contributed by atoms with Gasteiger partial charge in [0.15, 0.2) is 0 Å². The van der Waals surface area contributed by atoms with Crippen LogP contribution in [0.4, 0.5) is 11.4 Å². The first-order valence-corrected chi connectivity index (χ1v) is 19.2. The topological polar surface area (TPSA) is 196 Å². The quantitative estimate of drug-likeness (QED) is 0.0176. The number of rotatable bonds is 22. The summed E-state index contributed by atoms with van der Waals surface area (Å²) in [6.45, 7) is 0.356. The summed E-state index contributed by atoms with van der Waals surface area (Å²) in [5, 5.41) is 25.1. The molecule has 0 unspecified atom stereocenters. The van der Waals surface area contributed by atoms with Gasteiger partial charge in [0.05, 0.1) is 42.5 Å². The molecule has 5 rings (SSSR count). The van der Waals surface area contributed by atoms with Crippen molar-refractivity contribution in [1.29, 1.82) is 0 Å². The Morgan fingerprint density at radius 3 is 1.73 bits per heavy atom. The SMILES string of the molecule is COc1ccc(C(OCCCCCCNC(=O)c2cc([N+](=O)[O-])ccc2COC(=O)CCC(=O)Oc2ccc([N+](=O)[O-])cc2)(c2ccccc2)c2ccc(OC)cc2)cc1. The monoisotopic (exact) mass is 819 g/mol. The van der Waals surface area contributed by atoms with Crippen LogP contribution in [0.3, 0.4) is 0 Å². The fourth-order valence-electron chi connectivity index (χ4n) is 6.45. The average molecular weight is 820 g/mol. The number of carbonyl (C=O) groups excluding carboxylic acids is 3. The molecule has 312 valence electrons. The highest BCUT2D eigenvalue weighted by Crippen LogP contribution is 2.42. The molecule has 0 fully saturated rings. The van der Waals surface area contributed by atoms with Crippen LogP contribution in [0.15, 0.2) is 121 Å². The number of nitrogens with zero attached hydrogens (tertiary/aromatic N) is 2. The van der Waals surface area contributed by atoms with Crippen molar-refractivity contribution in [3.8, 4) is 17.2 Å². The van der Waals surface area contributed by atoms with E-state index in [1.54, 1.807) is 14.2 Å². The fourth-order valence-corrected chi connectivity index (χ4v) is 6.45. The molecule has 0 aliphatic heterocycles. The second-order valence-electron chi connectivity index (χ2n) is 13.5. The van der Waals surface area contributed by atoms with E-state index in [1.807, 2.05) is 78.9 Å². The van der Waals surface area contributed by atoms with Crippen LogP contribution >= 0.6 is 0 Å². The maximum Gasteiger partial charge on any atom is 0.311 e. The molecule has 0 aliphatic rings. The summed E-state index contributed by atoms with van der Waals surface area (Å²) >= 11 is 0. The van der Waals surface area contributed by atoms with Crippen molar-refractivity contribution in [1.82, 2.24) is 5.32 Å². The van der Waals surface area contributed by atoms with Crippen molar-refractivity contribution < 1.29 is 47.9 Å². The first kappa shape index (κ1) is 44.0. The molecule has 0 aliphatic carbocycles. The highest BCUT2D eigenvalue weighted by atomic mass is 16.6. The van der Waals surface area contributed by atoms with Gasteiger partial charge in [-0.05, 0) is 72.0 Å². The summed E-state index contributed by atoms with van der Waals surface area (Å²) in [5.74, 6) is -0.560. The second kappa shape index (κ2) is 21.6. The zero-order valence-corrected chi connectivity index (χ0v) is 33.2. The Hall–Kier alpha value is -7.13. The summed E-state index contributed by atoms with van der Waals surface area (Å²) in [6.07, 6.45) is 2.23. The number of methoxy groups -OCH3 is 2. The molecule has 15 nitrogen and oxygen atoms in total. The minimum absolute atomic E-state index is 0.0164. The Morgan fingerprint density at radius 1 is 0.617 bits per heavy atom. The lowest BCUT2D eigenvalue weighted by atomic mass is 9.80. The third-order valence-corrected chi connectivity index (χ3v) is 9.60. The van der Waals surface area contributed by atoms with E-state index in [9.17, 15) is 34.6 Å². The van der Waals surface area contributed by atoms with Crippen LogP contribution in [-0.4, -0.2) is 55.1 Å². The van der Waals surface area contributed by atoms with E-state index in [4.69, 9.17) is 23.7 Å². The number of hydrogen-bond acceptors (Lipinski definition) is 12. The van der Waals surface area contributed by atoms with Crippen molar-refractivity contribution >= 4 is 29.2 Å². The fraction of sp³-hybridized carbons (Fsp3) is 0.267. The van der Waals surface area contributed by atoms with E-state index >= 15 is 0 Å². The highest BCUT2D eigenvalue weighted by Gasteiger charge is 2.37. The van der Waals surface area contributed by atoms with Gasteiger partial charge >= 0.3 is 11.9 Å². The molecule has 5 aromatic carbocycles. The number of hydrogen-bond donors (Lipinski definition) is 1. The molecule has 0 heterocycles. The smallest absolute Gasteiger partial charge is 0.311 e. The van der Waals surface area contributed by atoms with E-state index < -0.39 is 33.3 Å². The Morgan fingerprint density at radius 2 is 1.15 bits per heavy atom. The van der Waals surface area contributed by atoms with Gasteiger partial charge in [0.25, 0.3) is 17.3 Å². The minimum atomic E-state index is -0.929. The number of unbranched alkanes of at least 4 members (excludes halogenated alkanes) is 3. The highest BCUT2D eigenvalue weighted by molar-refractivity contribution is 5.96. The summed E-state index contributed by atoms with van der Waals surface area (Å²) in [4.78, 5) is 59.0. The number of carbonyl (C=O) groups is 3. The van der Waals surface area contributed by atoms with Gasteiger partial charge in [-0.15, -0.1) is 0 Å². The zero-order chi connectivity index (χ0) is 42.9. The van der Waals surface area contributed by atoms with E-state index in [2.05, 4.69) is 5.32 Å². The summed E-state index contributed by atoms with van der Waals surface area (Å²) in [5.41, 5.74) is 1.64. The number of ether oxygens (including phenoxy) is 5. The molecule has 0 atom stereocenters. The lowest BCUT2D eigenvalue weighted by Crippen LogP contribution is -2.33. The van der Waals surface area contributed by atoms with Gasteiger partial charge < -0.3 is 29.0 Å². The van der Waals surface area contributed by atoms with Crippen molar-refractivity contribution in [3.05, 3.63) is 169 Å². The van der Waals surface area contributed by atoms with Gasteiger partial charge in [-0.3, -0.25) is 34.6 Å². The maximum absolute atomic E-state index is 13.3. The summed E-state index contributed by atoms with van der Waals surface area (Å²) in [6, 6.07) is 34.2. The van der Waals surface area contributed by atoms with Crippen LogP contribution in [0, 0.1) is 20.2 Å². The van der Waals surface area contributed by atoms with Crippen LogP contribution < -0.4 is 19.5 Å². The third kappa shape index (κ3) is 11.7. The predicted octanol–water partition coefficient (Wildman–Crippen LogP) is 8.25. The lowest BCUT2D eigenvalue weighted by molar-refractivity contribution is -0.385. The molecule has 5 aromatic rings. The molecule has 0 saturated carbocycles. The second-order valence-corrected chi connectivity index (χ2v) is 13.5. The van der Waals surface area contributed by atoms with Crippen LogP contribution in [0.25, 0.3) is 0 Å². The minimum Gasteiger partial charge on any atom is -0.497 e. The van der Waals surface area contributed by atoms with E-state index in [-0.39, 0.29) is 47.7 Å². The van der Waals surface area contributed by atoms with Crippen molar-refractivity contribution in [2.24, 2.45) is 0 Å². The Bertz CT molecular complexity index is 2180. The van der Waals surface area contributed by atoms with Gasteiger partial charge in [-0.25, -0.2) is 0 Å². The summed E-state index contributed by atoms with van der Waals surface area (Å²) < 4.78 is 28.1. The lowest BCUT2D eigenvalue weighted by Gasteiger charge is -2.36. The van der Waals surface area contributed by atoms with Crippen LogP contribution in [0.1, 0.15) is 71.1 Å². The first-order chi connectivity index (χ1) is 29.0. The number of nitro benzene ring substituents is 2. The zero-order valence-electron chi connectivity index (χ0n) is 33.2. The van der Waals surface area contributed by atoms with Gasteiger partial charge in [0, 0.05) is 43.0 Å². The summed E-state index contributed by atoms with van der Waals surface area (Å²) in [7, 11) is 3.25. The number of non-ortho nitro benzene ring substituents is 2. The maximum atomic E-state index is 13.3. The molecule has 15 heteroatoms.